The van der Waals surface area contributed by atoms with Crippen LogP contribution in [-0.2, 0) is 4.79 Å². The second kappa shape index (κ2) is 11.5. The average Bonchev–Trinajstić information content (AvgIpc) is 3.62. The van der Waals surface area contributed by atoms with Gasteiger partial charge in [-0.1, -0.05) is 13.8 Å². The maximum Gasteiger partial charge on any atom is 0.387 e. The second-order valence-corrected chi connectivity index (χ2v) is 9.94. The molecular formula is C26H34F2N4O5. The summed E-state index contributed by atoms with van der Waals surface area (Å²) in [5.41, 5.74) is 6.65. The van der Waals surface area contributed by atoms with E-state index < -0.39 is 12.7 Å². The number of oxazole rings is 1. The third-order valence-corrected chi connectivity index (χ3v) is 6.44. The van der Waals surface area contributed by atoms with E-state index in [4.69, 9.17) is 14.9 Å². The van der Waals surface area contributed by atoms with Crippen molar-refractivity contribution in [3.63, 3.8) is 0 Å². The van der Waals surface area contributed by atoms with Gasteiger partial charge >= 0.3 is 6.61 Å². The molecule has 1 saturated heterocycles. The lowest BCUT2D eigenvalue weighted by atomic mass is 10.2. The van der Waals surface area contributed by atoms with Crippen molar-refractivity contribution in [3.05, 3.63) is 29.7 Å². The third-order valence-electron chi connectivity index (χ3n) is 6.44. The topological polar surface area (TPSA) is 111 Å². The fourth-order valence-electron chi connectivity index (χ4n) is 4.21. The first-order chi connectivity index (χ1) is 17.6. The Morgan fingerprint density at radius 3 is 2.46 bits per heavy atom. The van der Waals surface area contributed by atoms with Gasteiger partial charge in [0.25, 0.3) is 5.91 Å². The van der Waals surface area contributed by atoms with Gasteiger partial charge in [0.15, 0.2) is 23.0 Å². The van der Waals surface area contributed by atoms with Crippen LogP contribution in [0.3, 0.4) is 0 Å². The number of halogens is 2. The van der Waals surface area contributed by atoms with Crippen LogP contribution in [0.15, 0.2) is 22.6 Å². The molecule has 2 aromatic rings. The van der Waals surface area contributed by atoms with Crippen LogP contribution in [0.5, 0.6) is 11.5 Å². The number of carbonyl (C=O) groups excluding carboxylic acids is 2. The SMILES string of the molecule is CC(C)C(=O)N1CCCN(C(=O)c2nc(-c3ccc(OC(F)F)c(OCC4CC4)c3)oc2[C@H](C)N)CC1. The molecule has 0 radical (unpaired) electrons. The van der Waals surface area contributed by atoms with E-state index >= 15 is 0 Å². The molecule has 37 heavy (non-hydrogen) atoms. The van der Waals surface area contributed by atoms with Crippen molar-refractivity contribution in [2.45, 2.75) is 52.7 Å². The van der Waals surface area contributed by atoms with Crippen molar-refractivity contribution >= 4 is 11.8 Å². The highest BCUT2D eigenvalue weighted by molar-refractivity contribution is 5.94. The van der Waals surface area contributed by atoms with Crippen LogP contribution in [0.1, 0.15) is 62.3 Å². The van der Waals surface area contributed by atoms with Crippen LogP contribution >= 0.6 is 0 Å². The molecular weight excluding hydrogens is 486 g/mol. The molecule has 0 unspecified atom stereocenters. The number of hydrogen-bond acceptors (Lipinski definition) is 7. The number of ether oxygens (including phenoxy) is 2. The van der Waals surface area contributed by atoms with E-state index in [1.807, 2.05) is 13.8 Å². The van der Waals surface area contributed by atoms with Gasteiger partial charge in [-0.15, -0.1) is 0 Å². The summed E-state index contributed by atoms with van der Waals surface area (Å²) in [5.74, 6) is 0.451. The smallest absolute Gasteiger partial charge is 0.387 e. The number of benzene rings is 1. The van der Waals surface area contributed by atoms with Crippen LogP contribution < -0.4 is 15.2 Å². The molecule has 2 amide bonds. The number of nitrogens with two attached hydrogens (primary N) is 1. The number of alkyl halides is 2. The molecule has 2 heterocycles. The lowest BCUT2D eigenvalue weighted by Gasteiger charge is -2.23. The van der Waals surface area contributed by atoms with Gasteiger partial charge in [0, 0.05) is 37.7 Å². The van der Waals surface area contributed by atoms with Gasteiger partial charge in [-0.2, -0.15) is 8.78 Å². The molecule has 0 spiro atoms. The lowest BCUT2D eigenvalue weighted by Crippen LogP contribution is -2.39. The summed E-state index contributed by atoms with van der Waals surface area (Å²) in [4.78, 5) is 33.8. The molecule has 1 aliphatic heterocycles. The van der Waals surface area contributed by atoms with Gasteiger partial charge in [-0.3, -0.25) is 9.59 Å². The zero-order chi connectivity index (χ0) is 26.7. The first-order valence-corrected chi connectivity index (χ1v) is 12.7. The Bertz CT molecular complexity index is 1120. The van der Waals surface area contributed by atoms with E-state index in [1.165, 1.54) is 18.2 Å². The molecule has 2 aliphatic rings. The summed E-state index contributed by atoms with van der Waals surface area (Å²) in [6.07, 6.45) is 2.72. The predicted octanol–water partition coefficient (Wildman–Crippen LogP) is 4.08. The Morgan fingerprint density at radius 1 is 1.11 bits per heavy atom. The Kier molecular flexibility index (Phi) is 8.31. The Hall–Kier alpha value is -3.21. The minimum Gasteiger partial charge on any atom is -0.489 e. The standard InChI is InChI=1S/C26H34F2N4O5/c1-15(2)24(33)31-9-4-10-32(12-11-31)25(34)21-22(16(3)29)37-23(30-21)18-7-8-19(36-26(27)28)20(13-18)35-14-17-5-6-17/h7-8,13,15-17,26H,4-6,9-12,14,29H2,1-3H3/t16-/m0/s1. The van der Waals surface area contributed by atoms with Crippen LogP contribution in [-0.4, -0.2) is 66.0 Å². The van der Waals surface area contributed by atoms with E-state index in [0.717, 1.165) is 12.8 Å². The molecule has 0 bridgehead atoms. The molecule has 202 valence electrons. The molecule has 1 atom stereocenters. The van der Waals surface area contributed by atoms with Crippen molar-refractivity contribution in [1.29, 1.82) is 0 Å². The highest BCUT2D eigenvalue weighted by atomic mass is 19.3. The van der Waals surface area contributed by atoms with Gasteiger partial charge in [0.1, 0.15) is 0 Å². The van der Waals surface area contributed by atoms with Crippen molar-refractivity contribution in [2.75, 3.05) is 32.8 Å². The van der Waals surface area contributed by atoms with Crippen LogP contribution in [0.25, 0.3) is 11.5 Å². The average molecular weight is 521 g/mol. The number of aromatic nitrogens is 1. The summed E-state index contributed by atoms with van der Waals surface area (Å²) in [5, 5.41) is 0. The zero-order valence-corrected chi connectivity index (χ0v) is 21.4. The van der Waals surface area contributed by atoms with E-state index in [-0.39, 0.29) is 46.6 Å². The van der Waals surface area contributed by atoms with Gasteiger partial charge in [-0.25, -0.2) is 4.98 Å². The van der Waals surface area contributed by atoms with Crippen LogP contribution in [0.4, 0.5) is 8.78 Å². The highest BCUT2D eigenvalue weighted by Gasteiger charge is 2.30. The summed E-state index contributed by atoms with van der Waals surface area (Å²) >= 11 is 0. The van der Waals surface area contributed by atoms with Gasteiger partial charge in [0.05, 0.1) is 12.6 Å². The van der Waals surface area contributed by atoms with E-state index in [0.29, 0.717) is 50.7 Å². The summed E-state index contributed by atoms with van der Waals surface area (Å²) < 4.78 is 42.1. The second-order valence-electron chi connectivity index (χ2n) is 9.94. The monoisotopic (exact) mass is 520 g/mol. The van der Waals surface area contributed by atoms with Crippen LogP contribution in [0.2, 0.25) is 0 Å². The fraction of sp³-hybridized carbons (Fsp3) is 0.577. The third kappa shape index (κ3) is 6.57. The summed E-state index contributed by atoms with van der Waals surface area (Å²) in [6.45, 7) is 4.68. The molecule has 9 nitrogen and oxygen atoms in total. The number of carbonyl (C=O) groups is 2. The maximum atomic E-state index is 13.5. The van der Waals surface area contributed by atoms with Crippen molar-refractivity contribution in [1.82, 2.24) is 14.8 Å². The van der Waals surface area contributed by atoms with Gasteiger partial charge in [-0.05, 0) is 50.3 Å². The minimum absolute atomic E-state index is 0.0632. The first kappa shape index (κ1) is 26.8. The minimum atomic E-state index is -3.00. The molecule has 1 aliphatic carbocycles. The van der Waals surface area contributed by atoms with Crippen molar-refractivity contribution < 1.29 is 32.3 Å². The normalized spacial score (nSPS) is 17.2. The number of nitrogens with zero attached hydrogens (tertiary/aromatic N) is 3. The van der Waals surface area contributed by atoms with Crippen molar-refractivity contribution in [2.24, 2.45) is 17.6 Å². The summed E-state index contributed by atoms with van der Waals surface area (Å²) in [7, 11) is 0. The quantitative estimate of drug-likeness (QED) is 0.530. The van der Waals surface area contributed by atoms with E-state index in [1.54, 1.807) is 16.7 Å². The van der Waals surface area contributed by atoms with Gasteiger partial charge in [0.2, 0.25) is 11.8 Å². The fourth-order valence-corrected chi connectivity index (χ4v) is 4.21. The first-order valence-electron chi connectivity index (χ1n) is 12.7. The Balaban J connectivity index is 1.58. The number of hydrogen-bond donors (Lipinski definition) is 1. The van der Waals surface area contributed by atoms with Crippen LogP contribution in [0, 0.1) is 11.8 Å². The van der Waals surface area contributed by atoms with E-state index in [9.17, 15) is 18.4 Å². The predicted molar refractivity (Wildman–Crippen MR) is 131 cm³/mol. The molecule has 1 saturated carbocycles. The van der Waals surface area contributed by atoms with Gasteiger partial charge < -0.3 is 29.4 Å². The zero-order valence-electron chi connectivity index (χ0n) is 21.4. The Labute approximate surface area is 214 Å². The van der Waals surface area contributed by atoms with Crippen molar-refractivity contribution in [3.8, 4) is 23.0 Å². The number of rotatable bonds is 9. The molecule has 4 rings (SSSR count). The number of amides is 2. The molecule has 1 aromatic carbocycles. The Morgan fingerprint density at radius 2 is 1.81 bits per heavy atom. The molecule has 11 heteroatoms. The maximum absolute atomic E-state index is 13.5. The molecule has 2 fully saturated rings. The summed E-state index contributed by atoms with van der Waals surface area (Å²) in [6, 6.07) is 3.80. The molecule has 2 N–H and O–H groups in total. The lowest BCUT2D eigenvalue weighted by molar-refractivity contribution is -0.134. The molecule has 1 aromatic heterocycles. The van der Waals surface area contributed by atoms with E-state index in [2.05, 4.69) is 9.72 Å². The largest absolute Gasteiger partial charge is 0.489 e. The highest BCUT2D eigenvalue weighted by Crippen LogP contribution is 2.37.